The average Bonchev–Trinajstić information content (AvgIpc) is 3.14. The van der Waals surface area contributed by atoms with Gasteiger partial charge in [0.25, 0.3) is 0 Å². The highest BCUT2D eigenvalue weighted by atomic mass is 16.6. The molecule has 0 aliphatic carbocycles. The monoisotopic (exact) mass is 780 g/mol. The van der Waals surface area contributed by atoms with Crippen LogP contribution in [0.5, 0.6) is 0 Å². The summed E-state index contributed by atoms with van der Waals surface area (Å²) in [5.74, 6) is -1.73. The Hall–Kier alpha value is -1.93. The van der Waals surface area contributed by atoms with Gasteiger partial charge >= 0.3 is 11.9 Å². The fourth-order valence-corrected chi connectivity index (χ4v) is 7.02. The first-order valence-electron chi connectivity index (χ1n) is 23.2. The second-order valence-electron chi connectivity index (χ2n) is 17.0. The molecule has 2 atom stereocenters. The third kappa shape index (κ3) is 37.4. The van der Waals surface area contributed by atoms with E-state index in [1.807, 2.05) is 0 Å². The maximum atomic E-state index is 12.7. The van der Waals surface area contributed by atoms with Crippen molar-refractivity contribution in [2.24, 2.45) is 0 Å². The molecule has 8 heteroatoms. The molecule has 0 N–H and O–H groups in total. The molecular weight excluding hydrogens is 691 g/mol. The number of nitrogens with zero attached hydrogens (tertiary/aromatic N) is 1. The van der Waals surface area contributed by atoms with Crippen LogP contribution in [-0.4, -0.2) is 75.5 Å². The van der Waals surface area contributed by atoms with Gasteiger partial charge in [-0.15, -0.1) is 0 Å². The van der Waals surface area contributed by atoms with Crippen LogP contribution in [0.15, 0.2) is 12.2 Å². The Morgan fingerprint density at radius 1 is 0.527 bits per heavy atom. The minimum absolute atomic E-state index is 0.0425. The molecule has 0 aliphatic rings. The van der Waals surface area contributed by atoms with E-state index in [0.717, 1.165) is 57.8 Å². The molecule has 0 saturated carbocycles. The molecule has 0 bridgehead atoms. The number of unbranched alkanes of at least 4 members (excludes halogenated alkanes) is 26. The van der Waals surface area contributed by atoms with Crippen LogP contribution < -0.4 is 5.11 Å². The molecule has 0 radical (unpaired) electrons. The highest BCUT2D eigenvalue weighted by Crippen LogP contribution is 2.16. The van der Waals surface area contributed by atoms with E-state index < -0.39 is 18.1 Å². The number of likely N-dealkylation sites (N-methyl/N-ethyl adjacent to an activating group) is 1. The summed E-state index contributed by atoms with van der Waals surface area (Å²) in [6.07, 6.45) is 41.1. The van der Waals surface area contributed by atoms with Crippen molar-refractivity contribution in [3.63, 3.8) is 0 Å². The van der Waals surface area contributed by atoms with Crippen LogP contribution in [-0.2, 0) is 28.6 Å². The summed E-state index contributed by atoms with van der Waals surface area (Å²) < 4.78 is 17.2. The smallest absolute Gasteiger partial charge is 0.306 e. The fraction of sp³-hybridized carbons (Fsp3) is 0.894. The van der Waals surface area contributed by atoms with Gasteiger partial charge in [-0.1, -0.05) is 180 Å². The number of aliphatic carboxylic acids is 1. The Morgan fingerprint density at radius 3 is 1.38 bits per heavy atom. The molecule has 2 unspecified atom stereocenters. The minimum atomic E-state index is -1.12. The zero-order chi connectivity index (χ0) is 40.7. The van der Waals surface area contributed by atoms with E-state index in [1.54, 1.807) is 21.1 Å². The van der Waals surface area contributed by atoms with Crippen LogP contribution in [0.25, 0.3) is 0 Å². The predicted molar refractivity (Wildman–Crippen MR) is 227 cm³/mol. The summed E-state index contributed by atoms with van der Waals surface area (Å²) in [6.45, 7) is 4.62. The van der Waals surface area contributed by atoms with Crippen LogP contribution in [0.2, 0.25) is 0 Å². The number of quaternary nitrogens is 1. The normalized spacial score (nSPS) is 13.0. The molecular formula is C47H89NO7. The Kier molecular flexibility index (Phi) is 37.6. The van der Waals surface area contributed by atoms with E-state index in [0.29, 0.717) is 12.8 Å². The second kappa shape index (κ2) is 38.9. The van der Waals surface area contributed by atoms with Crippen molar-refractivity contribution in [3.8, 4) is 0 Å². The van der Waals surface area contributed by atoms with Crippen molar-refractivity contribution in [3.05, 3.63) is 12.2 Å². The van der Waals surface area contributed by atoms with E-state index in [-0.39, 0.29) is 42.7 Å². The molecule has 55 heavy (non-hydrogen) atoms. The Morgan fingerprint density at radius 2 is 0.945 bits per heavy atom. The molecule has 0 saturated heterocycles. The molecule has 0 aromatic heterocycles. The highest BCUT2D eigenvalue weighted by Gasteiger charge is 2.25. The molecule has 324 valence electrons. The zero-order valence-corrected chi connectivity index (χ0v) is 36.9. The van der Waals surface area contributed by atoms with E-state index in [1.165, 1.54) is 128 Å². The van der Waals surface area contributed by atoms with Crippen LogP contribution >= 0.6 is 0 Å². The van der Waals surface area contributed by atoms with Gasteiger partial charge in [0.15, 0.2) is 6.10 Å². The average molecular weight is 780 g/mol. The van der Waals surface area contributed by atoms with Crippen molar-refractivity contribution in [1.29, 1.82) is 0 Å². The van der Waals surface area contributed by atoms with Gasteiger partial charge in [-0.2, -0.15) is 0 Å². The zero-order valence-electron chi connectivity index (χ0n) is 36.9. The number of carboxylic acids is 1. The van der Waals surface area contributed by atoms with Gasteiger partial charge in [-0.25, -0.2) is 0 Å². The molecule has 8 nitrogen and oxygen atoms in total. The summed E-state index contributed by atoms with van der Waals surface area (Å²) in [5.41, 5.74) is 0. The lowest BCUT2D eigenvalue weighted by Crippen LogP contribution is -2.55. The lowest BCUT2D eigenvalue weighted by molar-refractivity contribution is -0.889. The van der Waals surface area contributed by atoms with Gasteiger partial charge in [-0.3, -0.25) is 9.59 Å². The largest absolute Gasteiger partial charge is 0.544 e. The van der Waals surface area contributed by atoms with Crippen molar-refractivity contribution in [2.75, 3.05) is 41.0 Å². The number of ether oxygens (including phenoxy) is 3. The number of hydrogen-bond donors (Lipinski definition) is 0. The molecule has 0 aromatic carbocycles. The second-order valence-corrected chi connectivity index (χ2v) is 17.0. The topological polar surface area (TPSA) is 102 Å². The number of hydrogen-bond acceptors (Lipinski definition) is 7. The van der Waals surface area contributed by atoms with E-state index in [9.17, 15) is 19.5 Å². The summed E-state index contributed by atoms with van der Waals surface area (Å²) in [7, 11) is 5.41. The van der Waals surface area contributed by atoms with Crippen LogP contribution in [0.3, 0.4) is 0 Å². The van der Waals surface area contributed by atoms with Gasteiger partial charge in [0.2, 0.25) is 0 Å². The number of esters is 2. The SMILES string of the molecule is CCC/C=C\CCCCCCCC(=O)OC(COCCC(C(=O)[O-])[N+](C)(C)C)COC(=O)CCCCCCCCCCCCCCCCCCCCCCC. The van der Waals surface area contributed by atoms with Gasteiger partial charge in [0.1, 0.15) is 12.6 Å². The summed E-state index contributed by atoms with van der Waals surface area (Å²) in [4.78, 5) is 36.8. The first-order valence-corrected chi connectivity index (χ1v) is 23.2. The standard InChI is InChI=1S/C47H89NO7/c1-6-8-10-12-14-16-18-19-20-21-22-23-24-25-26-27-28-30-31-33-35-37-45(49)54-42-43(41-53-40-39-44(47(51)52)48(3,4)5)55-46(50)38-36-34-32-29-17-15-13-11-9-7-2/h11,13,43-44H,6-10,12,14-42H2,1-5H3/b13-11-. The Bertz CT molecular complexity index is 915. The van der Waals surface area contributed by atoms with E-state index >= 15 is 0 Å². The third-order valence-corrected chi connectivity index (χ3v) is 10.6. The number of carboxylic acid groups (broad SMARTS) is 1. The van der Waals surface area contributed by atoms with Crippen LogP contribution in [0.4, 0.5) is 0 Å². The van der Waals surface area contributed by atoms with Gasteiger partial charge in [0, 0.05) is 19.3 Å². The van der Waals surface area contributed by atoms with Crippen molar-refractivity contribution in [2.45, 2.75) is 231 Å². The number of carbonyl (C=O) groups is 3. The van der Waals surface area contributed by atoms with E-state index in [2.05, 4.69) is 26.0 Å². The summed E-state index contributed by atoms with van der Waals surface area (Å²) in [5, 5.41) is 11.6. The van der Waals surface area contributed by atoms with Crippen LogP contribution in [0, 0.1) is 0 Å². The molecule has 0 rings (SSSR count). The summed E-state index contributed by atoms with van der Waals surface area (Å²) in [6, 6.07) is -0.722. The maximum Gasteiger partial charge on any atom is 0.306 e. The Balaban J connectivity index is 4.15. The number of allylic oxidation sites excluding steroid dienone is 2. The van der Waals surface area contributed by atoms with Gasteiger partial charge in [-0.05, 0) is 32.1 Å². The van der Waals surface area contributed by atoms with Gasteiger partial charge < -0.3 is 28.6 Å². The van der Waals surface area contributed by atoms with Gasteiger partial charge in [0.05, 0.1) is 40.3 Å². The van der Waals surface area contributed by atoms with E-state index in [4.69, 9.17) is 14.2 Å². The molecule has 0 heterocycles. The Labute approximate surface area is 339 Å². The van der Waals surface area contributed by atoms with Crippen molar-refractivity contribution in [1.82, 2.24) is 0 Å². The highest BCUT2D eigenvalue weighted by molar-refractivity contribution is 5.70. The molecule has 0 fully saturated rings. The molecule has 0 aromatic rings. The quantitative estimate of drug-likeness (QED) is 0.0263. The molecule has 0 amide bonds. The minimum Gasteiger partial charge on any atom is -0.544 e. The fourth-order valence-electron chi connectivity index (χ4n) is 7.02. The number of carbonyl (C=O) groups excluding carboxylic acids is 3. The lowest BCUT2D eigenvalue weighted by atomic mass is 10.0. The summed E-state index contributed by atoms with van der Waals surface area (Å²) >= 11 is 0. The van der Waals surface area contributed by atoms with Crippen molar-refractivity contribution >= 4 is 17.9 Å². The molecule has 0 spiro atoms. The predicted octanol–water partition coefficient (Wildman–Crippen LogP) is 11.4. The van der Waals surface area contributed by atoms with Crippen molar-refractivity contribution < 1.29 is 38.2 Å². The third-order valence-electron chi connectivity index (χ3n) is 10.6. The van der Waals surface area contributed by atoms with Crippen LogP contribution in [0.1, 0.15) is 219 Å². The first-order chi connectivity index (χ1) is 26.6. The molecule has 0 aliphatic heterocycles. The first kappa shape index (κ1) is 53.1. The lowest BCUT2D eigenvalue weighted by Gasteiger charge is -2.34. The number of rotatable bonds is 42. The maximum absolute atomic E-state index is 12.7.